The average molecular weight is 580 g/mol. The monoisotopic (exact) mass is 579 g/mol. The molecule has 45 heavy (non-hydrogen) atoms. The van der Waals surface area contributed by atoms with Crippen LogP contribution in [0.25, 0.3) is 44.2 Å². The van der Waals surface area contributed by atoms with Gasteiger partial charge in [-0.2, -0.15) is 0 Å². The van der Waals surface area contributed by atoms with Crippen molar-refractivity contribution in [2.45, 2.75) is 31.1 Å². The van der Waals surface area contributed by atoms with E-state index < -0.39 is 0 Å². The fourth-order valence-corrected chi connectivity index (χ4v) is 9.31. The molecule has 3 atom stereocenters. The van der Waals surface area contributed by atoms with Crippen LogP contribution < -0.4 is 4.90 Å². The fraction of sp³-hybridized carbons (Fsp3) is 0.163. The SMILES string of the molecule is c1ccc(-c2cccc(N(c3ccc4c(c3)C3(CC5CCC3C5)c3ccccc3-4)c3cccc4c3oc3ccccc34)c2)cc1. The summed E-state index contributed by atoms with van der Waals surface area (Å²) in [6, 6.07) is 51.1. The van der Waals surface area contributed by atoms with E-state index in [1.54, 1.807) is 5.56 Å². The molecule has 7 aromatic rings. The van der Waals surface area contributed by atoms with Crippen molar-refractivity contribution in [3.63, 3.8) is 0 Å². The third-order valence-corrected chi connectivity index (χ3v) is 11.1. The van der Waals surface area contributed by atoms with E-state index in [9.17, 15) is 0 Å². The summed E-state index contributed by atoms with van der Waals surface area (Å²) < 4.78 is 6.66. The van der Waals surface area contributed by atoms with E-state index in [4.69, 9.17) is 4.42 Å². The zero-order valence-electron chi connectivity index (χ0n) is 25.1. The Morgan fingerprint density at radius 3 is 2.22 bits per heavy atom. The van der Waals surface area contributed by atoms with E-state index in [1.807, 2.05) is 0 Å². The number of furan rings is 1. The Morgan fingerprint density at radius 1 is 0.578 bits per heavy atom. The van der Waals surface area contributed by atoms with E-state index in [0.29, 0.717) is 5.92 Å². The summed E-state index contributed by atoms with van der Waals surface area (Å²) in [4.78, 5) is 2.43. The summed E-state index contributed by atoms with van der Waals surface area (Å²) in [5.74, 6) is 1.55. The van der Waals surface area contributed by atoms with Crippen LogP contribution in [0.4, 0.5) is 17.1 Å². The van der Waals surface area contributed by atoms with Crippen LogP contribution in [0.15, 0.2) is 144 Å². The quantitative estimate of drug-likeness (QED) is 0.206. The Morgan fingerprint density at radius 2 is 1.33 bits per heavy atom. The molecule has 0 amide bonds. The molecule has 1 spiro atoms. The predicted molar refractivity (Wildman–Crippen MR) is 186 cm³/mol. The van der Waals surface area contributed by atoms with Gasteiger partial charge in [0, 0.05) is 27.6 Å². The van der Waals surface area contributed by atoms with Gasteiger partial charge in [-0.3, -0.25) is 0 Å². The molecule has 3 aliphatic carbocycles. The number of para-hydroxylation sites is 2. The largest absolute Gasteiger partial charge is 0.454 e. The maximum Gasteiger partial charge on any atom is 0.159 e. The molecular formula is C43H33NO. The first-order chi connectivity index (χ1) is 22.3. The number of hydrogen-bond donors (Lipinski definition) is 0. The molecule has 0 saturated heterocycles. The van der Waals surface area contributed by atoms with Crippen LogP contribution in [0.5, 0.6) is 0 Å². The second-order valence-electron chi connectivity index (χ2n) is 13.3. The second kappa shape index (κ2) is 9.46. The molecule has 0 aliphatic heterocycles. The van der Waals surface area contributed by atoms with E-state index in [0.717, 1.165) is 39.2 Å². The van der Waals surface area contributed by atoms with E-state index in [2.05, 4.69) is 144 Å². The minimum absolute atomic E-state index is 0.119. The molecule has 0 N–H and O–H groups in total. The zero-order chi connectivity index (χ0) is 29.5. The van der Waals surface area contributed by atoms with Crippen LogP contribution in [-0.2, 0) is 5.41 Å². The van der Waals surface area contributed by atoms with Crippen molar-refractivity contribution in [1.29, 1.82) is 0 Å². The number of anilines is 3. The van der Waals surface area contributed by atoms with Gasteiger partial charge in [0.1, 0.15) is 5.58 Å². The predicted octanol–water partition coefficient (Wildman–Crippen LogP) is 11.8. The summed E-state index contributed by atoms with van der Waals surface area (Å²) in [7, 11) is 0. The number of hydrogen-bond acceptors (Lipinski definition) is 2. The molecule has 2 heteroatoms. The van der Waals surface area contributed by atoms with Gasteiger partial charge in [0.2, 0.25) is 0 Å². The molecule has 6 aromatic carbocycles. The lowest BCUT2D eigenvalue weighted by Crippen LogP contribution is -2.32. The molecule has 2 bridgehead atoms. The van der Waals surface area contributed by atoms with Gasteiger partial charge in [0.25, 0.3) is 0 Å². The van der Waals surface area contributed by atoms with Gasteiger partial charge in [-0.1, -0.05) is 110 Å². The molecule has 0 radical (unpaired) electrons. The van der Waals surface area contributed by atoms with Crippen LogP contribution in [-0.4, -0.2) is 0 Å². The van der Waals surface area contributed by atoms with Gasteiger partial charge in [-0.15, -0.1) is 0 Å². The van der Waals surface area contributed by atoms with Crippen LogP contribution in [0, 0.1) is 11.8 Å². The summed E-state index contributed by atoms with van der Waals surface area (Å²) in [5, 5.41) is 2.29. The highest BCUT2D eigenvalue weighted by Gasteiger charge is 2.56. The van der Waals surface area contributed by atoms with Crippen LogP contribution in [0.1, 0.15) is 36.8 Å². The molecule has 216 valence electrons. The summed E-state index contributed by atoms with van der Waals surface area (Å²) in [5.41, 5.74) is 13.7. The number of fused-ring (bicyclic) bond motifs is 11. The molecule has 1 aromatic heterocycles. The highest BCUT2D eigenvalue weighted by atomic mass is 16.3. The van der Waals surface area contributed by atoms with E-state index in [-0.39, 0.29) is 5.41 Å². The molecule has 2 fully saturated rings. The lowest BCUT2D eigenvalue weighted by atomic mass is 9.67. The van der Waals surface area contributed by atoms with Crippen molar-refractivity contribution < 1.29 is 4.42 Å². The zero-order valence-corrected chi connectivity index (χ0v) is 25.1. The maximum atomic E-state index is 6.66. The summed E-state index contributed by atoms with van der Waals surface area (Å²) >= 11 is 0. The highest BCUT2D eigenvalue weighted by Crippen LogP contribution is 2.66. The van der Waals surface area contributed by atoms with Crippen molar-refractivity contribution in [2.75, 3.05) is 4.90 Å². The summed E-state index contributed by atoms with van der Waals surface area (Å²) in [6.45, 7) is 0. The standard InChI is InChI=1S/C43H33NO/c1-2-10-29(11-3-1)30-12-8-13-32(25-30)44(40-18-9-16-37-36-15-5-7-19-41(36)45-42(37)40)33-22-23-35-34-14-4-6-17-38(34)43(39(35)26-33)27-28-20-21-31(43)24-28/h1-19,22-23,25-26,28,31H,20-21,24,27H2. The van der Waals surface area contributed by atoms with Gasteiger partial charge in [0.15, 0.2) is 5.58 Å². The lowest BCUT2D eigenvalue weighted by Gasteiger charge is -2.37. The normalized spacial score (nSPS) is 21.1. The first-order valence-electron chi connectivity index (χ1n) is 16.4. The number of nitrogens with zero attached hydrogens (tertiary/aromatic N) is 1. The fourth-order valence-electron chi connectivity index (χ4n) is 9.31. The van der Waals surface area contributed by atoms with E-state index >= 15 is 0 Å². The van der Waals surface area contributed by atoms with Crippen molar-refractivity contribution in [1.82, 2.24) is 0 Å². The van der Waals surface area contributed by atoms with Crippen molar-refractivity contribution in [3.05, 3.63) is 151 Å². The Bertz CT molecular complexity index is 2260. The number of rotatable bonds is 4. The lowest BCUT2D eigenvalue weighted by molar-refractivity contribution is 0.327. The van der Waals surface area contributed by atoms with Crippen molar-refractivity contribution >= 4 is 39.0 Å². The average Bonchev–Trinajstić information content (AvgIpc) is 3.88. The maximum absolute atomic E-state index is 6.66. The highest BCUT2D eigenvalue weighted by molar-refractivity contribution is 6.10. The molecule has 10 rings (SSSR count). The first-order valence-corrected chi connectivity index (χ1v) is 16.4. The van der Waals surface area contributed by atoms with Crippen LogP contribution >= 0.6 is 0 Å². The molecule has 1 heterocycles. The minimum atomic E-state index is 0.119. The molecule has 3 unspecified atom stereocenters. The molecule has 2 saturated carbocycles. The second-order valence-corrected chi connectivity index (χ2v) is 13.3. The first kappa shape index (κ1) is 25.3. The Kier molecular flexibility index (Phi) is 5.31. The van der Waals surface area contributed by atoms with Gasteiger partial charge in [0.05, 0.1) is 5.69 Å². The minimum Gasteiger partial charge on any atom is -0.454 e. The molecule has 2 nitrogen and oxygen atoms in total. The third-order valence-electron chi connectivity index (χ3n) is 11.1. The summed E-state index contributed by atoms with van der Waals surface area (Å²) in [6.07, 6.45) is 5.35. The van der Waals surface area contributed by atoms with Gasteiger partial charge in [-0.25, -0.2) is 0 Å². The van der Waals surface area contributed by atoms with E-state index in [1.165, 1.54) is 59.2 Å². The Hall–Kier alpha value is -5.08. The number of benzene rings is 6. The third kappa shape index (κ3) is 3.57. The Labute approximate surface area is 263 Å². The smallest absolute Gasteiger partial charge is 0.159 e. The molecular weight excluding hydrogens is 546 g/mol. The van der Waals surface area contributed by atoms with Gasteiger partial charge < -0.3 is 9.32 Å². The molecule has 3 aliphatic rings. The topological polar surface area (TPSA) is 16.4 Å². The Balaban J connectivity index is 1.22. The van der Waals surface area contributed by atoms with Gasteiger partial charge >= 0.3 is 0 Å². The van der Waals surface area contributed by atoms with Crippen molar-refractivity contribution in [3.8, 4) is 22.3 Å². The van der Waals surface area contributed by atoms with Crippen molar-refractivity contribution in [2.24, 2.45) is 11.8 Å². The van der Waals surface area contributed by atoms with Crippen LogP contribution in [0.3, 0.4) is 0 Å². The van der Waals surface area contributed by atoms with Gasteiger partial charge in [-0.05, 0) is 101 Å². The van der Waals surface area contributed by atoms with Crippen LogP contribution in [0.2, 0.25) is 0 Å².